The van der Waals surface area contributed by atoms with Crippen molar-refractivity contribution in [3.63, 3.8) is 0 Å². The molecule has 1 aliphatic heterocycles. The maximum atomic E-state index is 12.3. The number of carbonyl (C=O) groups is 1. The van der Waals surface area contributed by atoms with Gasteiger partial charge in [0.05, 0.1) is 25.0 Å². The molecular weight excluding hydrogens is 446 g/mol. The van der Waals surface area contributed by atoms with Crippen LogP contribution in [-0.2, 0) is 4.74 Å². The number of ether oxygens (including phenoxy) is 2. The Kier molecular flexibility index (Phi) is 7.09. The lowest BCUT2D eigenvalue weighted by Crippen LogP contribution is -2.42. The minimum absolute atomic E-state index is 0.218. The van der Waals surface area contributed by atoms with Crippen LogP contribution in [0.15, 0.2) is 42.9 Å². The van der Waals surface area contributed by atoms with Gasteiger partial charge in [-0.25, -0.2) is 9.78 Å². The van der Waals surface area contributed by atoms with E-state index in [0.29, 0.717) is 19.0 Å². The second-order valence-electron chi connectivity index (χ2n) is 9.61. The largest absolute Gasteiger partial charge is 0.497 e. The highest BCUT2D eigenvalue weighted by Crippen LogP contribution is 2.26. The molecule has 1 aromatic carbocycles. The molecule has 1 saturated heterocycles. The Bertz CT molecular complexity index is 1150. The average Bonchev–Trinajstić information content (AvgIpc) is 3.29. The summed E-state index contributed by atoms with van der Waals surface area (Å²) < 4.78 is 12.6. The van der Waals surface area contributed by atoms with Crippen molar-refractivity contribution in [1.29, 1.82) is 0 Å². The van der Waals surface area contributed by atoms with E-state index in [-0.39, 0.29) is 12.1 Å². The molecule has 4 rings (SSSR count). The number of benzene rings is 1. The number of hydrogen-bond donors (Lipinski definition) is 2. The Morgan fingerprint density at radius 2 is 1.77 bits per heavy atom. The summed E-state index contributed by atoms with van der Waals surface area (Å²) in [5.74, 6) is 1.99. The summed E-state index contributed by atoms with van der Waals surface area (Å²) in [4.78, 5) is 23.1. The Morgan fingerprint density at radius 3 is 2.43 bits per heavy atom. The third-order valence-electron chi connectivity index (χ3n) is 5.67. The lowest BCUT2D eigenvalue weighted by atomic mass is 10.1. The Balaban J connectivity index is 1.36. The van der Waals surface area contributed by atoms with Crippen LogP contribution in [0.2, 0.25) is 0 Å². The maximum Gasteiger partial charge on any atom is 0.410 e. The summed E-state index contributed by atoms with van der Waals surface area (Å²) in [7, 11) is 1.64. The van der Waals surface area contributed by atoms with Crippen molar-refractivity contribution < 1.29 is 14.3 Å². The number of piperidine rings is 1. The van der Waals surface area contributed by atoms with Gasteiger partial charge in [0.2, 0.25) is 5.95 Å². The van der Waals surface area contributed by atoms with E-state index in [1.165, 1.54) is 0 Å². The molecule has 10 nitrogen and oxygen atoms in total. The second-order valence-corrected chi connectivity index (χ2v) is 9.61. The van der Waals surface area contributed by atoms with E-state index in [4.69, 9.17) is 9.47 Å². The molecular formula is C25H33N7O3. The van der Waals surface area contributed by atoms with E-state index in [0.717, 1.165) is 41.3 Å². The molecule has 1 fully saturated rings. The SMILES string of the molecule is COc1ccc(Nc2nc(Nc3cnn(C4CCN(C(=O)OC(C)(C)C)CC4)c3)ncc2C)cc1. The molecule has 0 radical (unpaired) electrons. The molecule has 0 atom stereocenters. The number of anilines is 4. The van der Waals surface area contributed by atoms with Crippen LogP contribution in [0.1, 0.15) is 45.2 Å². The molecule has 2 N–H and O–H groups in total. The number of carbonyl (C=O) groups excluding carboxylic acids is 1. The van der Waals surface area contributed by atoms with Crippen molar-refractivity contribution in [2.45, 2.75) is 52.2 Å². The number of aryl methyl sites for hydroxylation is 1. The number of amides is 1. The van der Waals surface area contributed by atoms with Gasteiger partial charge in [-0.2, -0.15) is 10.1 Å². The monoisotopic (exact) mass is 479 g/mol. The Hall–Kier alpha value is -3.82. The van der Waals surface area contributed by atoms with Crippen LogP contribution in [-0.4, -0.2) is 56.5 Å². The van der Waals surface area contributed by atoms with Gasteiger partial charge in [-0.3, -0.25) is 4.68 Å². The van der Waals surface area contributed by atoms with Gasteiger partial charge in [0.15, 0.2) is 0 Å². The third-order valence-corrected chi connectivity index (χ3v) is 5.67. The predicted molar refractivity (Wildman–Crippen MR) is 135 cm³/mol. The molecule has 186 valence electrons. The summed E-state index contributed by atoms with van der Waals surface area (Å²) in [6.45, 7) is 8.88. The summed E-state index contributed by atoms with van der Waals surface area (Å²) >= 11 is 0. The van der Waals surface area contributed by atoms with Gasteiger partial charge in [-0.1, -0.05) is 0 Å². The van der Waals surface area contributed by atoms with Crippen molar-refractivity contribution in [3.05, 3.63) is 48.4 Å². The maximum absolute atomic E-state index is 12.3. The summed E-state index contributed by atoms with van der Waals surface area (Å²) in [5, 5.41) is 11.1. The lowest BCUT2D eigenvalue weighted by Gasteiger charge is -2.33. The van der Waals surface area contributed by atoms with Crippen LogP contribution in [0.25, 0.3) is 0 Å². The van der Waals surface area contributed by atoms with E-state index in [1.807, 2.05) is 62.8 Å². The average molecular weight is 480 g/mol. The first kappa shape index (κ1) is 24.3. The molecule has 1 aliphatic rings. The van der Waals surface area contributed by atoms with Gasteiger partial charge in [0, 0.05) is 36.7 Å². The van der Waals surface area contributed by atoms with Crippen molar-refractivity contribution in [1.82, 2.24) is 24.6 Å². The predicted octanol–water partition coefficient (Wildman–Crippen LogP) is 5.05. The molecule has 0 bridgehead atoms. The molecule has 0 saturated carbocycles. The van der Waals surface area contributed by atoms with E-state index < -0.39 is 5.60 Å². The van der Waals surface area contributed by atoms with Crippen molar-refractivity contribution >= 4 is 29.2 Å². The highest BCUT2D eigenvalue weighted by Gasteiger charge is 2.27. The van der Waals surface area contributed by atoms with Gasteiger partial charge in [0.1, 0.15) is 17.2 Å². The number of nitrogens with zero attached hydrogens (tertiary/aromatic N) is 5. The molecule has 2 aromatic heterocycles. The first-order chi connectivity index (χ1) is 16.7. The van der Waals surface area contributed by atoms with Crippen LogP contribution in [0.3, 0.4) is 0 Å². The Morgan fingerprint density at radius 1 is 1.06 bits per heavy atom. The quantitative estimate of drug-likeness (QED) is 0.506. The fourth-order valence-electron chi connectivity index (χ4n) is 3.81. The van der Waals surface area contributed by atoms with Gasteiger partial charge < -0.3 is 25.0 Å². The first-order valence-electron chi connectivity index (χ1n) is 11.7. The number of nitrogens with one attached hydrogen (secondary N) is 2. The third kappa shape index (κ3) is 6.40. The summed E-state index contributed by atoms with van der Waals surface area (Å²) in [6.07, 6.45) is 6.87. The standard InChI is InChI=1S/C25H33N7O3/c1-17-14-26-23(30-22(17)28-18-6-8-21(34-5)9-7-18)29-19-15-27-32(16-19)20-10-12-31(13-11-20)24(33)35-25(2,3)4/h6-9,14-16,20H,10-13H2,1-5H3,(H2,26,28,29,30). The van der Waals surface area contributed by atoms with Crippen LogP contribution < -0.4 is 15.4 Å². The van der Waals surface area contributed by atoms with Crippen LogP contribution >= 0.6 is 0 Å². The lowest BCUT2D eigenvalue weighted by molar-refractivity contribution is 0.0185. The minimum atomic E-state index is -0.488. The van der Waals surface area contributed by atoms with E-state index in [2.05, 4.69) is 25.7 Å². The molecule has 0 unspecified atom stereocenters. The van der Waals surface area contributed by atoms with Crippen molar-refractivity contribution in [3.8, 4) is 5.75 Å². The molecule has 0 aliphatic carbocycles. The van der Waals surface area contributed by atoms with Crippen LogP contribution in [0.4, 0.5) is 27.9 Å². The highest BCUT2D eigenvalue weighted by atomic mass is 16.6. The topological polar surface area (TPSA) is 106 Å². The number of aromatic nitrogens is 4. The highest BCUT2D eigenvalue weighted by molar-refractivity contribution is 5.68. The Labute approximate surface area is 205 Å². The molecule has 1 amide bonds. The number of likely N-dealkylation sites (tertiary alicyclic amines) is 1. The number of hydrogen-bond acceptors (Lipinski definition) is 8. The van der Waals surface area contributed by atoms with E-state index >= 15 is 0 Å². The second kappa shape index (κ2) is 10.2. The zero-order valence-electron chi connectivity index (χ0n) is 20.9. The van der Waals surface area contributed by atoms with Gasteiger partial charge >= 0.3 is 6.09 Å². The van der Waals surface area contributed by atoms with Gasteiger partial charge in [0.25, 0.3) is 0 Å². The minimum Gasteiger partial charge on any atom is -0.497 e. The van der Waals surface area contributed by atoms with Crippen LogP contribution in [0.5, 0.6) is 5.75 Å². The number of rotatable bonds is 6. The van der Waals surface area contributed by atoms with Gasteiger partial charge in [-0.15, -0.1) is 0 Å². The zero-order chi connectivity index (χ0) is 25.0. The normalized spacial score (nSPS) is 14.5. The molecule has 3 aromatic rings. The fourth-order valence-corrected chi connectivity index (χ4v) is 3.81. The molecule has 3 heterocycles. The summed E-state index contributed by atoms with van der Waals surface area (Å²) in [5.41, 5.74) is 2.15. The molecule has 0 spiro atoms. The van der Waals surface area contributed by atoms with Crippen molar-refractivity contribution in [2.24, 2.45) is 0 Å². The zero-order valence-corrected chi connectivity index (χ0v) is 20.9. The van der Waals surface area contributed by atoms with E-state index in [9.17, 15) is 4.79 Å². The van der Waals surface area contributed by atoms with Crippen molar-refractivity contribution in [2.75, 3.05) is 30.8 Å². The van der Waals surface area contributed by atoms with Crippen LogP contribution in [0, 0.1) is 6.92 Å². The molecule has 35 heavy (non-hydrogen) atoms. The smallest absolute Gasteiger partial charge is 0.410 e. The molecule has 10 heteroatoms. The van der Waals surface area contributed by atoms with E-state index in [1.54, 1.807) is 24.4 Å². The fraction of sp³-hybridized carbons (Fsp3) is 0.440. The first-order valence-corrected chi connectivity index (χ1v) is 11.7. The number of methoxy groups -OCH3 is 1. The van der Waals surface area contributed by atoms with Gasteiger partial charge in [-0.05, 0) is 64.8 Å². The summed E-state index contributed by atoms with van der Waals surface area (Å²) in [6, 6.07) is 7.88.